The molecule has 5 heteroatoms. The summed E-state index contributed by atoms with van der Waals surface area (Å²) >= 11 is 1.66. The van der Waals surface area contributed by atoms with Crippen LogP contribution < -0.4 is 4.90 Å². The molecule has 1 atom stereocenters. The lowest BCUT2D eigenvalue weighted by molar-refractivity contribution is 0.0968. The van der Waals surface area contributed by atoms with Crippen LogP contribution in [0.1, 0.15) is 42.1 Å². The van der Waals surface area contributed by atoms with Gasteiger partial charge in [-0.2, -0.15) is 0 Å². The van der Waals surface area contributed by atoms with Gasteiger partial charge in [-0.15, -0.1) is 11.3 Å². The van der Waals surface area contributed by atoms with Crippen molar-refractivity contribution in [1.82, 2.24) is 4.98 Å². The molecule has 0 aliphatic heterocycles. The first-order valence-electron chi connectivity index (χ1n) is 6.45. The molecule has 4 nitrogen and oxygen atoms in total. The number of rotatable bonds is 5. The third-order valence-corrected chi connectivity index (χ3v) is 4.44. The van der Waals surface area contributed by atoms with Gasteiger partial charge in [0.25, 0.3) is 0 Å². The summed E-state index contributed by atoms with van der Waals surface area (Å²) < 4.78 is 5.20. The molecule has 0 spiro atoms. The van der Waals surface area contributed by atoms with E-state index in [9.17, 15) is 4.79 Å². The monoisotopic (exact) mass is 268 g/mol. The van der Waals surface area contributed by atoms with Crippen LogP contribution in [0.5, 0.6) is 0 Å². The van der Waals surface area contributed by atoms with Gasteiger partial charge in [0.1, 0.15) is 5.69 Å². The van der Waals surface area contributed by atoms with E-state index in [1.54, 1.807) is 18.4 Å². The Morgan fingerprint density at radius 2 is 2.28 bits per heavy atom. The Morgan fingerprint density at radius 1 is 1.50 bits per heavy atom. The molecule has 0 aromatic carbocycles. The Balaban J connectivity index is 2.24. The molecule has 0 saturated carbocycles. The van der Waals surface area contributed by atoms with E-state index in [1.807, 2.05) is 0 Å². The van der Waals surface area contributed by atoms with Crippen molar-refractivity contribution in [1.29, 1.82) is 0 Å². The fourth-order valence-corrected chi connectivity index (χ4v) is 3.63. The van der Waals surface area contributed by atoms with Gasteiger partial charge in [-0.3, -0.25) is 4.79 Å². The molecule has 1 aromatic heterocycles. The summed E-state index contributed by atoms with van der Waals surface area (Å²) in [5.41, 5.74) is 0.712. The van der Waals surface area contributed by atoms with E-state index in [-0.39, 0.29) is 11.8 Å². The molecule has 18 heavy (non-hydrogen) atoms. The number of nitrogens with zero attached hydrogens (tertiary/aromatic N) is 2. The van der Waals surface area contributed by atoms with Crippen molar-refractivity contribution in [3.8, 4) is 0 Å². The fourth-order valence-electron chi connectivity index (χ4n) is 2.34. The number of fused-ring (bicyclic) bond motifs is 1. The second-order valence-electron chi connectivity index (χ2n) is 4.64. The average Bonchev–Trinajstić information content (AvgIpc) is 2.75. The molecule has 1 aliphatic carbocycles. The molecule has 1 aromatic rings. The topological polar surface area (TPSA) is 42.4 Å². The van der Waals surface area contributed by atoms with Crippen LogP contribution in [0, 0.1) is 0 Å². The second-order valence-corrected chi connectivity index (χ2v) is 5.70. The van der Waals surface area contributed by atoms with E-state index < -0.39 is 0 Å². The highest BCUT2D eigenvalue weighted by Crippen LogP contribution is 2.32. The van der Waals surface area contributed by atoms with E-state index in [0.717, 1.165) is 29.4 Å². The number of carbonyl (C=O) groups excluding carboxylic acids is 1. The van der Waals surface area contributed by atoms with Gasteiger partial charge in [0, 0.05) is 25.0 Å². The predicted molar refractivity (Wildman–Crippen MR) is 73.7 cm³/mol. The van der Waals surface area contributed by atoms with Crippen molar-refractivity contribution >= 4 is 22.3 Å². The lowest BCUT2D eigenvalue weighted by Crippen LogP contribution is -2.36. The molecule has 1 unspecified atom stereocenters. The normalized spacial score (nSPS) is 16.5. The number of aryl methyl sites for hydroxylation is 1. The molecular formula is C13H20N2O2S. The lowest BCUT2D eigenvalue weighted by atomic mass is 10.0. The van der Waals surface area contributed by atoms with Crippen molar-refractivity contribution in [3.63, 3.8) is 0 Å². The smallest absolute Gasteiger partial charge is 0.186 e. The third kappa shape index (κ3) is 2.57. The van der Waals surface area contributed by atoms with Crippen LogP contribution in [0.25, 0.3) is 0 Å². The van der Waals surface area contributed by atoms with Crippen LogP contribution in [0.4, 0.5) is 5.13 Å². The van der Waals surface area contributed by atoms with Crippen molar-refractivity contribution in [2.45, 2.75) is 39.2 Å². The minimum Gasteiger partial charge on any atom is -0.383 e. The molecule has 0 fully saturated rings. The Bertz CT molecular complexity index is 431. The molecule has 0 bridgehead atoms. The van der Waals surface area contributed by atoms with E-state index in [0.29, 0.717) is 18.7 Å². The average molecular weight is 268 g/mol. The molecule has 0 N–H and O–H groups in total. The van der Waals surface area contributed by atoms with Crippen LogP contribution in [0.15, 0.2) is 0 Å². The Morgan fingerprint density at radius 3 is 2.89 bits per heavy atom. The first kappa shape index (κ1) is 13.5. The van der Waals surface area contributed by atoms with E-state index in [4.69, 9.17) is 4.74 Å². The summed E-state index contributed by atoms with van der Waals surface area (Å²) in [6.07, 6.45) is 2.61. The summed E-state index contributed by atoms with van der Waals surface area (Å²) in [6, 6.07) is 0.280. The first-order valence-corrected chi connectivity index (χ1v) is 7.27. The highest BCUT2D eigenvalue weighted by Gasteiger charge is 2.25. The van der Waals surface area contributed by atoms with Crippen LogP contribution in [-0.2, 0) is 11.2 Å². The largest absolute Gasteiger partial charge is 0.383 e. The van der Waals surface area contributed by atoms with Gasteiger partial charge < -0.3 is 9.64 Å². The zero-order valence-corrected chi connectivity index (χ0v) is 12.0. The molecule has 0 saturated heterocycles. The molecule has 100 valence electrons. The minimum absolute atomic E-state index is 0.203. The Labute approximate surface area is 112 Å². The van der Waals surface area contributed by atoms with E-state index in [2.05, 4.69) is 23.7 Å². The molecule has 1 heterocycles. The lowest BCUT2D eigenvalue weighted by Gasteiger charge is -2.26. The highest BCUT2D eigenvalue weighted by atomic mass is 32.1. The molecular weight excluding hydrogens is 248 g/mol. The van der Waals surface area contributed by atoms with Crippen LogP contribution in [-0.4, -0.2) is 37.1 Å². The van der Waals surface area contributed by atoms with Crippen molar-refractivity contribution < 1.29 is 9.53 Å². The van der Waals surface area contributed by atoms with Gasteiger partial charge in [0.15, 0.2) is 10.9 Å². The van der Waals surface area contributed by atoms with Gasteiger partial charge in [-0.05, 0) is 26.7 Å². The molecule has 1 aliphatic rings. The number of thiazole rings is 1. The minimum atomic E-state index is 0.203. The SMILES string of the molecule is CCN(c1nc2c(s1)CCCC2=O)C(C)COC. The molecule has 0 amide bonds. The van der Waals surface area contributed by atoms with Crippen LogP contribution in [0.2, 0.25) is 0 Å². The van der Waals surface area contributed by atoms with Gasteiger partial charge in [0.05, 0.1) is 12.6 Å². The number of anilines is 1. The first-order chi connectivity index (χ1) is 8.67. The maximum absolute atomic E-state index is 11.8. The van der Waals surface area contributed by atoms with Gasteiger partial charge >= 0.3 is 0 Å². The zero-order chi connectivity index (χ0) is 13.1. The molecule has 0 radical (unpaired) electrons. The Hall–Kier alpha value is -0.940. The summed E-state index contributed by atoms with van der Waals surface area (Å²) in [4.78, 5) is 19.7. The quantitative estimate of drug-likeness (QED) is 0.823. The number of Topliss-reactive ketones (excluding diaryl/α,β-unsaturated/α-hetero) is 1. The number of ketones is 1. The molecule has 2 rings (SSSR count). The van der Waals surface area contributed by atoms with Crippen LogP contribution >= 0.6 is 11.3 Å². The van der Waals surface area contributed by atoms with Crippen molar-refractivity contribution in [2.75, 3.05) is 25.2 Å². The highest BCUT2D eigenvalue weighted by molar-refractivity contribution is 7.16. The number of carbonyl (C=O) groups is 1. The van der Waals surface area contributed by atoms with E-state index >= 15 is 0 Å². The number of aromatic nitrogens is 1. The second kappa shape index (κ2) is 5.80. The van der Waals surface area contributed by atoms with Crippen molar-refractivity contribution in [2.24, 2.45) is 0 Å². The van der Waals surface area contributed by atoms with Gasteiger partial charge in [0.2, 0.25) is 0 Å². The predicted octanol–water partition coefficient (Wildman–Crippen LogP) is 2.52. The van der Waals surface area contributed by atoms with E-state index in [1.165, 1.54) is 0 Å². The standard InChI is InChI=1S/C13H20N2O2S/c1-4-15(9(2)8-17-3)13-14-12-10(16)6-5-7-11(12)18-13/h9H,4-8H2,1-3H3. The number of hydrogen-bond acceptors (Lipinski definition) is 5. The maximum Gasteiger partial charge on any atom is 0.186 e. The zero-order valence-electron chi connectivity index (χ0n) is 11.2. The fraction of sp³-hybridized carbons (Fsp3) is 0.692. The van der Waals surface area contributed by atoms with Crippen LogP contribution in [0.3, 0.4) is 0 Å². The third-order valence-electron chi connectivity index (χ3n) is 3.28. The number of ether oxygens (including phenoxy) is 1. The summed E-state index contributed by atoms with van der Waals surface area (Å²) in [5.74, 6) is 0.203. The number of likely N-dealkylation sites (N-methyl/N-ethyl adjacent to an activating group) is 1. The Kier molecular flexibility index (Phi) is 4.35. The number of hydrogen-bond donors (Lipinski definition) is 0. The summed E-state index contributed by atoms with van der Waals surface area (Å²) in [6.45, 7) is 5.78. The number of methoxy groups -OCH3 is 1. The van der Waals surface area contributed by atoms with Gasteiger partial charge in [-0.1, -0.05) is 0 Å². The van der Waals surface area contributed by atoms with Gasteiger partial charge in [-0.25, -0.2) is 4.98 Å². The summed E-state index contributed by atoms with van der Waals surface area (Å²) in [7, 11) is 1.71. The summed E-state index contributed by atoms with van der Waals surface area (Å²) in [5, 5.41) is 0.960. The van der Waals surface area contributed by atoms with Crippen molar-refractivity contribution in [3.05, 3.63) is 10.6 Å². The maximum atomic E-state index is 11.8.